The summed E-state index contributed by atoms with van der Waals surface area (Å²) in [5, 5.41) is 13.2. The molecule has 0 aliphatic heterocycles. The number of carboxylic acids is 1. The SMILES string of the molecule is CCCCCOc1ccc(C(C)(C)C(=O)NC2[C@@H]3CC4C[C@H]2CC(C(=O)O)(C4)C3)cc1. The lowest BCUT2D eigenvalue weighted by molar-refractivity contribution is -0.168. The van der Waals surface area contributed by atoms with Crippen molar-refractivity contribution in [3.63, 3.8) is 0 Å². The number of benzene rings is 1. The Bertz CT molecular complexity index is 799. The summed E-state index contributed by atoms with van der Waals surface area (Å²) < 4.78 is 5.80. The van der Waals surface area contributed by atoms with Crippen molar-refractivity contribution < 1.29 is 19.4 Å². The number of ether oxygens (including phenoxy) is 1. The van der Waals surface area contributed by atoms with Gasteiger partial charge in [0.2, 0.25) is 5.91 Å². The Balaban J connectivity index is 1.40. The number of aliphatic carboxylic acids is 1. The molecule has 1 aromatic rings. The molecule has 170 valence electrons. The van der Waals surface area contributed by atoms with Crippen LogP contribution in [0.3, 0.4) is 0 Å². The molecule has 1 aromatic carbocycles. The first-order valence-corrected chi connectivity index (χ1v) is 12.0. The monoisotopic (exact) mass is 427 g/mol. The van der Waals surface area contributed by atoms with Crippen LogP contribution in [0.2, 0.25) is 0 Å². The average Bonchev–Trinajstić information content (AvgIpc) is 2.73. The van der Waals surface area contributed by atoms with E-state index in [1.54, 1.807) is 0 Å². The van der Waals surface area contributed by atoms with Gasteiger partial charge in [0.05, 0.1) is 17.4 Å². The topological polar surface area (TPSA) is 75.6 Å². The van der Waals surface area contributed by atoms with Crippen LogP contribution in [-0.4, -0.2) is 29.6 Å². The van der Waals surface area contributed by atoms with Gasteiger partial charge in [-0.2, -0.15) is 0 Å². The van der Waals surface area contributed by atoms with Crippen LogP contribution in [0.1, 0.15) is 77.7 Å². The molecule has 4 fully saturated rings. The van der Waals surface area contributed by atoms with E-state index in [9.17, 15) is 14.7 Å². The summed E-state index contributed by atoms with van der Waals surface area (Å²) in [5.41, 5.74) is -0.225. The third-order valence-corrected chi connectivity index (χ3v) is 8.18. The van der Waals surface area contributed by atoms with Crippen molar-refractivity contribution in [3.05, 3.63) is 29.8 Å². The molecule has 5 nitrogen and oxygen atoms in total. The number of hydrogen-bond donors (Lipinski definition) is 2. The van der Waals surface area contributed by atoms with Gasteiger partial charge in [-0.15, -0.1) is 0 Å². The fourth-order valence-electron chi connectivity index (χ4n) is 6.49. The predicted octanol–water partition coefficient (Wildman–Crippen LogP) is 4.93. The van der Waals surface area contributed by atoms with Crippen molar-refractivity contribution >= 4 is 11.9 Å². The highest BCUT2D eigenvalue weighted by molar-refractivity contribution is 5.87. The smallest absolute Gasteiger partial charge is 0.309 e. The molecule has 0 saturated heterocycles. The minimum absolute atomic E-state index is 0.0333. The molecule has 5 rings (SSSR count). The molecule has 0 spiro atoms. The average molecular weight is 428 g/mol. The zero-order valence-corrected chi connectivity index (χ0v) is 19.2. The Labute approximate surface area is 185 Å². The molecule has 5 heteroatoms. The van der Waals surface area contributed by atoms with Crippen molar-refractivity contribution in [2.45, 2.75) is 83.6 Å². The van der Waals surface area contributed by atoms with Crippen LogP contribution < -0.4 is 10.1 Å². The van der Waals surface area contributed by atoms with Crippen LogP contribution in [0.15, 0.2) is 24.3 Å². The maximum atomic E-state index is 13.3. The van der Waals surface area contributed by atoms with E-state index in [1.165, 1.54) is 12.8 Å². The lowest BCUT2D eigenvalue weighted by atomic mass is 9.48. The van der Waals surface area contributed by atoms with E-state index in [2.05, 4.69) is 12.2 Å². The number of amides is 1. The molecule has 0 heterocycles. The molecule has 0 radical (unpaired) electrons. The van der Waals surface area contributed by atoms with Crippen LogP contribution in [-0.2, 0) is 15.0 Å². The Kier molecular flexibility index (Phi) is 6.06. The van der Waals surface area contributed by atoms with E-state index >= 15 is 0 Å². The highest BCUT2D eigenvalue weighted by Gasteiger charge is 2.59. The van der Waals surface area contributed by atoms with E-state index in [0.29, 0.717) is 30.6 Å². The van der Waals surface area contributed by atoms with Gasteiger partial charge in [-0.3, -0.25) is 9.59 Å². The van der Waals surface area contributed by atoms with Gasteiger partial charge in [-0.05, 0) is 87.8 Å². The fraction of sp³-hybridized carbons (Fsp3) is 0.692. The van der Waals surface area contributed by atoms with Crippen LogP contribution in [0.4, 0.5) is 0 Å². The van der Waals surface area contributed by atoms with Crippen molar-refractivity contribution in [1.82, 2.24) is 5.32 Å². The highest BCUT2D eigenvalue weighted by atomic mass is 16.5. The minimum atomic E-state index is -0.653. The molecular formula is C26H37NO4. The van der Waals surface area contributed by atoms with Gasteiger partial charge < -0.3 is 15.2 Å². The zero-order valence-electron chi connectivity index (χ0n) is 19.2. The number of carbonyl (C=O) groups is 2. The Hall–Kier alpha value is -2.04. The molecule has 4 saturated carbocycles. The molecule has 1 amide bonds. The van der Waals surface area contributed by atoms with E-state index in [4.69, 9.17) is 4.74 Å². The number of unbranched alkanes of at least 4 members (excludes halogenated alkanes) is 2. The second kappa shape index (κ2) is 8.48. The normalized spacial score (nSPS) is 31.5. The predicted molar refractivity (Wildman–Crippen MR) is 120 cm³/mol. The molecule has 4 aliphatic rings. The van der Waals surface area contributed by atoms with Crippen molar-refractivity contribution in [2.75, 3.05) is 6.61 Å². The number of hydrogen-bond acceptors (Lipinski definition) is 3. The van der Waals surface area contributed by atoms with Gasteiger partial charge in [-0.25, -0.2) is 0 Å². The molecule has 5 atom stereocenters. The number of carbonyl (C=O) groups excluding carboxylic acids is 1. The number of carboxylic acid groups (broad SMARTS) is 1. The summed E-state index contributed by atoms with van der Waals surface area (Å²) >= 11 is 0. The second-order valence-corrected chi connectivity index (χ2v) is 10.8. The fourth-order valence-corrected chi connectivity index (χ4v) is 6.49. The first-order chi connectivity index (χ1) is 14.7. The Morgan fingerprint density at radius 2 is 1.74 bits per heavy atom. The number of nitrogens with one attached hydrogen (secondary N) is 1. The molecule has 3 unspecified atom stereocenters. The summed E-state index contributed by atoms with van der Waals surface area (Å²) in [4.78, 5) is 25.3. The first-order valence-electron chi connectivity index (χ1n) is 12.0. The molecule has 4 bridgehead atoms. The van der Waals surface area contributed by atoms with Gasteiger partial charge in [0.25, 0.3) is 0 Å². The third-order valence-electron chi connectivity index (χ3n) is 8.18. The van der Waals surface area contributed by atoms with E-state index in [-0.39, 0.29) is 11.9 Å². The van der Waals surface area contributed by atoms with E-state index < -0.39 is 16.8 Å². The lowest BCUT2D eigenvalue weighted by Crippen LogP contribution is -2.62. The minimum Gasteiger partial charge on any atom is -0.494 e. The van der Waals surface area contributed by atoms with Gasteiger partial charge in [-0.1, -0.05) is 31.9 Å². The molecule has 31 heavy (non-hydrogen) atoms. The third kappa shape index (κ3) is 4.20. The van der Waals surface area contributed by atoms with Gasteiger partial charge in [0.15, 0.2) is 0 Å². The molecule has 2 N–H and O–H groups in total. The largest absolute Gasteiger partial charge is 0.494 e. The molecule has 0 aromatic heterocycles. The molecular weight excluding hydrogens is 390 g/mol. The first kappa shape index (κ1) is 22.2. The maximum absolute atomic E-state index is 13.3. The van der Waals surface area contributed by atoms with Gasteiger partial charge >= 0.3 is 5.97 Å². The number of rotatable bonds is 9. The maximum Gasteiger partial charge on any atom is 0.309 e. The summed E-state index contributed by atoms with van der Waals surface area (Å²) in [6.45, 7) is 6.83. The van der Waals surface area contributed by atoms with Crippen LogP contribution in [0.5, 0.6) is 5.75 Å². The second-order valence-electron chi connectivity index (χ2n) is 10.8. The Morgan fingerprint density at radius 1 is 1.10 bits per heavy atom. The van der Waals surface area contributed by atoms with Crippen molar-refractivity contribution in [2.24, 2.45) is 23.2 Å². The van der Waals surface area contributed by atoms with E-state index in [1.807, 2.05) is 38.1 Å². The standard InChI is InChI=1S/C26H37NO4/c1-4-5-6-11-31-21-9-7-20(8-10-21)25(2,3)23(28)27-22-18-12-17-13-19(22)16-26(14-17,15-18)24(29)30/h7-10,17-19,22H,4-6,11-16H2,1-3H3,(H,27,28)(H,29,30)/t17?,18-,19+,22?,26?. The summed E-state index contributed by atoms with van der Waals surface area (Å²) in [7, 11) is 0. The highest BCUT2D eigenvalue weighted by Crippen LogP contribution is 2.60. The molecule has 4 aliphatic carbocycles. The Morgan fingerprint density at radius 3 is 2.32 bits per heavy atom. The lowest BCUT2D eigenvalue weighted by Gasteiger charge is -2.58. The zero-order chi connectivity index (χ0) is 22.2. The summed E-state index contributed by atoms with van der Waals surface area (Å²) in [6, 6.07) is 8.00. The van der Waals surface area contributed by atoms with E-state index in [0.717, 1.165) is 43.6 Å². The van der Waals surface area contributed by atoms with Crippen LogP contribution >= 0.6 is 0 Å². The quantitative estimate of drug-likeness (QED) is 0.548. The summed E-state index contributed by atoms with van der Waals surface area (Å²) in [6.07, 6.45) is 7.76. The van der Waals surface area contributed by atoms with Gasteiger partial charge in [0.1, 0.15) is 5.75 Å². The van der Waals surface area contributed by atoms with Crippen molar-refractivity contribution in [1.29, 1.82) is 0 Å². The van der Waals surface area contributed by atoms with Crippen molar-refractivity contribution in [3.8, 4) is 5.75 Å². The van der Waals surface area contributed by atoms with Crippen LogP contribution in [0, 0.1) is 23.2 Å². The van der Waals surface area contributed by atoms with Crippen LogP contribution in [0.25, 0.3) is 0 Å². The van der Waals surface area contributed by atoms with Gasteiger partial charge in [0, 0.05) is 6.04 Å². The summed E-state index contributed by atoms with van der Waals surface area (Å²) in [5.74, 6) is 1.35.